The third-order valence-electron chi connectivity index (χ3n) is 1.71. The van der Waals surface area contributed by atoms with E-state index < -0.39 is 16.3 Å². The van der Waals surface area contributed by atoms with Gasteiger partial charge in [0.15, 0.2) is 0 Å². The van der Waals surface area contributed by atoms with Crippen LogP contribution in [0.4, 0.5) is 5.69 Å². The van der Waals surface area contributed by atoms with Gasteiger partial charge in [0.2, 0.25) is 10.3 Å². The smallest absolute Gasteiger partial charge is 0.728 e. The second kappa shape index (κ2) is 8.18. The number of ether oxygens (including phenoxy) is 1. The summed E-state index contributed by atoms with van der Waals surface area (Å²) in [5, 5.41) is 3.25. The van der Waals surface area contributed by atoms with Gasteiger partial charge in [-0.2, -0.15) is 0 Å². The van der Waals surface area contributed by atoms with E-state index in [1.165, 1.54) is 12.1 Å². The third kappa shape index (κ3) is 7.85. The molecule has 1 aromatic rings. The number of benzene rings is 1. The molecule has 7 nitrogen and oxygen atoms in total. The van der Waals surface area contributed by atoms with Gasteiger partial charge < -0.3 is 9.29 Å². The second-order valence-electron chi connectivity index (χ2n) is 3.09. The fourth-order valence-corrected chi connectivity index (χ4v) is 1.21. The molecule has 19 heavy (non-hydrogen) atoms. The molecule has 0 spiro atoms. The number of carbonyl (C=O) groups excluding carboxylic acids is 1. The molecule has 0 aromatic heterocycles. The first-order valence-corrected chi connectivity index (χ1v) is 6.04. The van der Waals surface area contributed by atoms with E-state index in [9.17, 15) is 17.8 Å². The standard InChI is InChI=1S/C10H10N2O5S.Na/c1-2-10(13)17-7-8-4-3-5-9(6-8)11-12-18(14,15)16;/h2-6H,1,7H2,(H,14,15,16);/q;+1/p-1. The summed E-state index contributed by atoms with van der Waals surface area (Å²) >= 11 is 0. The minimum atomic E-state index is -4.76. The molecular weight excluding hydrogens is 283 g/mol. The molecule has 0 aliphatic heterocycles. The average molecular weight is 292 g/mol. The summed E-state index contributed by atoms with van der Waals surface area (Å²) in [5.74, 6) is -0.579. The van der Waals surface area contributed by atoms with E-state index in [-0.39, 0.29) is 41.9 Å². The van der Waals surface area contributed by atoms with Crippen LogP contribution in [0.1, 0.15) is 5.56 Å². The Hall–Kier alpha value is -1.06. The molecule has 0 bridgehead atoms. The number of hydrogen-bond acceptors (Lipinski definition) is 6. The van der Waals surface area contributed by atoms with Gasteiger partial charge >= 0.3 is 35.5 Å². The summed E-state index contributed by atoms with van der Waals surface area (Å²) in [7, 11) is -4.76. The first kappa shape index (κ1) is 17.9. The Labute approximate surface area is 132 Å². The topological polar surface area (TPSA) is 108 Å². The van der Waals surface area contributed by atoms with Crippen molar-refractivity contribution < 1.29 is 52.1 Å². The van der Waals surface area contributed by atoms with Crippen LogP contribution in [0.3, 0.4) is 0 Å². The maximum absolute atomic E-state index is 10.8. The number of esters is 1. The normalized spacial score (nSPS) is 10.8. The van der Waals surface area contributed by atoms with Gasteiger partial charge in [0, 0.05) is 6.08 Å². The van der Waals surface area contributed by atoms with E-state index >= 15 is 0 Å². The molecule has 0 aliphatic carbocycles. The van der Waals surface area contributed by atoms with Crippen molar-refractivity contribution in [3.63, 3.8) is 0 Å². The van der Waals surface area contributed by atoms with Crippen LogP contribution in [0.5, 0.6) is 0 Å². The van der Waals surface area contributed by atoms with E-state index in [0.717, 1.165) is 6.08 Å². The predicted octanol–water partition coefficient (Wildman–Crippen LogP) is -1.54. The zero-order chi connectivity index (χ0) is 13.6. The minimum absolute atomic E-state index is 0. The fourth-order valence-electron chi connectivity index (χ4n) is 1.02. The summed E-state index contributed by atoms with van der Waals surface area (Å²) in [6.45, 7) is 3.22. The number of rotatable bonds is 5. The zero-order valence-electron chi connectivity index (χ0n) is 10.1. The van der Waals surface area contributed by atoms with Crippen molar-refractivity contribution in [3.8, 4) is 0 Å². The van der Waals surface area contributed by atoms with E-state index in [1.54, 1.807) is 12.1 Å². The summed E-state index contributed by atoms with van der Waals surface area (Å²) in [6.07, 6.45) is 1.02. The van der Waals surface area contributed by atoms with Crippen molar-refractivity contribution >= 4 is 22.0 Å². The minimum Gasteiger partial charge on any atom is -0.728 e. The van der Waals surface area contributed by atoms with Crippen LogP contribution in [0, 0.1) is 0 Å². The molecule has 0 atom stereocenters. The van der Waals surface area contributed by atoms with Gasteiger partial charge in [-0.3, -0.25) is 0 Å². The first-order chi connectivity index (χ1) is 8.40. The van der Waals surface area contributed by atoms with Gasteiger partial charge in [-0.1, -0.05) is 23.2 Å². The van der Waals surface area contributed by atoms with E-state index in [4.69, 9.17) is 4.74 Å². The molecule has 0 saturated heterocycles. The molecule has 9 heteroatoms. The van der Waals surface area contributed by atoms with E-state index in [1.807, 2.05) is 0 Å². The molecule has 0 aliphatic rings. The quantitative estimate of drug-likeness (QED) is 0.215. The summed E-state index contributed by atoms with van der Waals surface area (Å²) < 4.78 is 38.1. The summed E-state index contributed by atoms with van der Waals surface area (Å²) in [5.41, 5.74) is 0.742. The molecule has 0 N–H and O–H groups in total. The molecule has 0 unspecified atom stereocenters. The Kier molecular flexibility index (Phi) is 7.72. The van der Waals surface area contributed by atoms with Crippen LogP contribution in [0.2, 0.25) is 0 Å². The van der Waals surface area contributed by atoms with Gasteiger partial charge in [-0.15, -0.1) is 5.11 Å². The molecule has 0 amide bonds. The Balaban J connectivity index is 0.00000324. The Bertz CT molecular complexity index is 585. The van der Waals surface area contributed by atoms with Crippen LogP contribution in [0.15, 0.2) is 46.6 Å². The van der Waals surface area contributed by atoms with Crippen molar-refractivity contribution in [2.75, 3.05) is 0 Å². The zero-order valence-corrected chi connectivity index (χ0v) is 13.0. The Morgan fingerprint density at radius 1 is 1.47 bits per heavy atom. The maximum Gasteiger partial charge on any atom is 1.00 e. The third-order valence-corrected chi connectivity index (χ3v) is 2.00. The SMILES string of the molecule is C=CC(=O)OCc1cccc(N=NS(=O)(=O)[O-])c1.[Na+]. The van der Waals surface area contributed by atoms with Gasteiger partial charge in [0.1, 0.15) is 6.61 Å². The van der Waals surface area contributed by atoms with Crippen LogP contribution < -0.4 is 29.6 Å². The monoisotopic (exact) mass is 292 g/mol. The van der Waals surface area contributed by atoms with Gasteiger partial charge in [-0.05, 0) is 17.7 Å². The van der Waals surface area contributed by atoms with Crippen LogP contribution in [0.25, 0.3) is 0 Å². The fraction of sp³-hybridized carbons (Fsp3) is 0.100. The van der Waals surface area contributed by atoms with Crippen molar-refractivity contribution in [2.45, 2.75) is 6.61 Å². The molecule has 96 valence electrons. The summed E-state index contributed by atoms with van der Waals surface area (Å²) in [4.78, 5) is 10.8. The molecule has 1 aromatic carbocycles. The van der Waals surface area contributed by atoms with Gasteiger partial charge in [0.25, 0.3) is 0 Å². The van der Waals surface area contributed by atoms with Crippen LogP contribution >= 0.6 is 0 Å². The van der Waals surface area contributed by atoms with Gasteiger partial charge in [-0.25, -0.2) is 13.2 Å². The Morgan fingerprint density at radius 3 is 2.74 bits per heavy atom. The molecule has 1 rings (SSSR count). The molecule has 0 fully saturated rings. The van der Waals surface area contributed by atoms with Gasteiger partial charge in [0.05, 0.1) is 5.69 Å². The number of hydrogen-bond donors (Lipinski definition) is 0. The second-order valence-corrected chi connectivity index (χ2v) is 4.11. The van der Waals surface area contributed by atoms with Crippen LogP contribution in [-0.4, -0.2) is 18.9 Å². The largest absolute Gasteiger partial charge is 1.00 e. The summed E-state index contributed by atoms with van der Waals surface area (Å²) in [6, 6.07) is 6.09. The number of carbonyl (C=O) groups is 1. The molecule has 0 saturated carbocycles. The van der Waals surface area contributed by atoms with Crippen molar-refractivity contribution in [2.24, 2.45) is 9.63 Å². The van der Waals surface area contributed by atoms with Crippen molar-refractivity contribution in [1.82, 2.24) is 0 Å². The Morgan fingerprint density at radius 2 is 2.16 bits per heavy atom. The van der Waals surface area contributed by atoms with Crippen molar-refractivity contribution in [3.05, 3.63) is 42.5 Å². The number of nitrogens with zero attached hydrogens (tertiary/aromatic N) is 2. The van der Waals surface area contributed by atoms with Crippen LogP contribution in [-0.2, 0) is 26.4 Å². The molecular formula is C10H9N2NaO5S. The first-order valence-electron chi connectivity index (χ1n) is 4.67. The van der Waals surface area contributed by atoms with Crippen molar-refractivity contribution in [1.29, 1.82) is 0 Å². The van der Waals surface area contributed by atoms with E-state index in [0.29, 0.717) is 5.56 Å². The maximum atomic E-state index is 10.8. The predicted molar refractivity (Wildman–Crippen MR) is 60.6 cm³/mol. The molecule has 0 radical (unpaired) electrons. The average Bonchev–Trinajstić information content (AvgIpc) is 2.33. The molecule has 0 heterocycles. The van der Waals surface area contributed by atoms with E-state index in [2.05, 4.69) is 16.2 Å².